The van der Waals surface area contributed by atoms with Crippen LogP contribution in [0, 0.1) is 6.92 Å². The fourth-order valence-corrected chi connectivity index (χ4v) is 4.04. The Morgan fingerprint density at radius 3 is 2.07 bits per heavy atom. The van der Waals surface area contributed by atoms with E-state index in [1.807, 2.05) is 0 Å². The van der Waals surface area contributed by atoms with E-state index in [4.69, 9.17) is 4.98 Å². The number of rotatable bonds is 4. The van der Waals surface area contributed by atoms with Crippen molar-refractivity contribution in [1.29, 1.82) is 0 Å². The molecule has 2 nitrogen and oxygen atoms in total. The molecule has 3 heteroatoms. The lowest BCUT2D eigenvalue weighted by molar-refractivity contribution is 1.13. The maximum absolute atomic E-state index is 4.77. The van der Waals surface area contributed by atoms with Crippen LogP contribution in [0.5, 0.6) is 0 Å². The van der Waals surface area contributed by atoms with Gasteiger partial charge in [0.05, 0.1) is 10.2 Å². The molecule has 0 atom stereocenters. The molecule has 0 fully saturated rings. The summed E-state index contributed by atoms with van der Waals surface area (Å²) in [6.07, 6.45) is 4.30. The molecule has 27 heavy (non-hydrogen) atoms. The minimum Gasteiger partial charge on any atom is -0.378 e. The van der Waals surface area contributed by atoms with E-state index in [-0.39, 0.29) is 0 Å². The molecule has 0 saturated carbocycles. The summed E-state index contributed by atoms with van der Waals surface area (Å²) in [6, 6.07) is 23.6. The SMILES string of the molecule is Cc1ccc2nc(-c3ccc(C=Cc4ccc(N(C)C)cc4)cc3)sc2c1. The summed E-state index contributed by atoms with van der Waals surface area (Å²) in [7, 11) is 4.11. The van der Waals surface area contributed by atoms with Crippen LogP contribution in [0.25, 0.3) is 32.9 Å². The summed E-state index contributed by atoms with van der Waals surface area (Å²) < 4.78 is 1.25. The molecule has 1 aromatic heterocycles. The third kappa shape index (κ3) is 3.93. The Balaban J connectivity index is 1.52. The van der Waals surface area contributed by atoms with Crippen LogP contribution >= 0.6 is 11.3 Å². The van der Waals surface area contributed by atoms with Crippen LogP contribution < -0.4 is 4.90 Å². The van der Waals surface area contributed by atoms with E-state index in [2.05, 4.69) is 105 Å². The predicted octanol–water partition coefficient (Wildman–Crippen LogP) is 6.51. The quantitative estimate of drug-likeness (QED) is 0.381. The van der Waals surface area contributed by atoms with Crippen LogP contribution in [0.4, 0.5) is 5.69 Å². The van der Waals surface area contributed by atoms with Crippen LogP contribution in [-0.2, 0) is 0 Å². The van der Waals surface area contributed by atoms with Gasteiger partial charge in [-0.3, -0.25) is 0 Å². The average Bonchev–Trinajstić information content (AvgIpc) is 3.10. The second kappa shape index (κ2) is 7.37. The van der Waals surface area contributed by atoms with Gasteiger partial charge in [0.2, 0.25) is 0 Å². The van der Waals surface area contributed by atoms with Gasteiger partial charge in [-0.25, -0.2) is 4.98 Å². The van der Waals surface area contributed by atoms with Gasteiger partial charge in [0, 0.05) is 25.3 Å². The highest BCUT2D eigenvalue weighted by Gasteiger charge is 2.06. The smallest absolute Gasteiger partial charge is 0.124 e. The van der Waals surface area contributed by atoms with Crippen LogP contribution in [-0.4, -0.2) is 19.1 Å². The molecule has 0 aliphatic carbocycles. The van der Waals surface area contributed by atoms with Gasteiger partial charge in [-0.15, -0.1) is 11.3 Å². The summed E-state index contributed by atoms with van der Waals surface area (Å²) in [4.78, 5) is 6.87. The van der Waals surface area contributed by atoms with E-state index < -0.39 is 0 Å². The van der Waals surface area contributed by atoms with Gasteiger partial charge in [0.1, 0.15) is 5.01 Å². The van der Waals surface area contributed by atoms with Crippen LogP contribution in [0.1, 0.15) is 16.7 Å². The molecule has 4 rings (SSSR count). The van der Waals surface area contributed by atoms with E-state index >= 15 is 0 Å². The number of nitrogens with zero attached hydrogens (tertiary/aromatic N) is 2. The Hall–Kier alpha value is -2.91. The molecular formula is C24H22N2S. The minimum atomic E-state index is 1.07. The van der Waals surface area contributed by atoms with Gasteiger partial charge in [0.25, 0.3) is 0 Å². The van der Waals surface area contributed by atoms with Crippen molar-refractivity contribution in [1.82, 2.24) is 4.98 Å². The molecule has 0 bridgehead atoms. The molecule has 0 aliphatic rings. The highest BCUT2D eigenvalue weighted by molar-refractivity contribution is 7.21. The molecule has 4 aromatic rings. The van der Waals surface area contributed by atoms with Crippen molar-refractivity contribution in [3.63, 3.8) is 0 Å². The normalized spacial score (nSPS) is 11.4. The maximum atomic E-state index is 4.77. The third-order valence-corrected chi connectivity index (χ3v) is 5.65. The molecular weight excluding hydrogens is 348 g/mol. The number of hydrogen-bond donors (Lipinski definition) is 0. The number of fused-ring (bicyclic) bond motifs is 1. The minimum absolute atomic E-state index is 1.07. The van der Waals surface area contributed by atoms with Gasteiger partial charge in [-0.1, -0.05) is 54.6 Å². The van der Waals surface area contributed by atoms with Crippen LogP contribution in [0.2, 0.25) is 0 Å². The first-order valence-corrected chi connectivity index (χ1v) is 9.83. The van der Waals surface area contributed by atoms with Crippen molar-refractivity contribution in [3.8, 4) is 10.6 Å². The lowest BCUT2D eigenvalue weighted by Gasteiger charge is -2.11. The van der Waals surface area contributed by atoms with Gasteiger partial charge in [-0.2, -0.15) is 0 Å². The number of anilines is 1. The summed E-state index contributed by atoms with van der Waals surface area (Å²) in [5.41, 5.74) is 7.12. The van der Waals surface area contributed by atoms with Gasteiger partial charge < -0.3 is 4.90 Å². The van der Waals surface area contributed by atoms with Crippen molar-refractivity contribution < 1.29 is 0 Å². The summed E-state index contributed by atoms with van der Waals surface area (Å²) in [5.74, 6) is 0. The highest BCUT2D eigenvalue weighted by Crippen LogP contribution is 2.31. The zero-order valence-corrected chi connectivity index (χ0v) is 16.6. The van der Waals surface area contributed by atoms with Crippen molar-refractivity contribution in [2.75, 3.05) is 19.0 Å². The first-order valence-electron chi connectivity index (χ1n) is 9.01. The Bertz CT molecular complexity index is 1090. The van der Waals surface area contributed by atoms with Gasteiger partial charge in [-0.05, 0) is 47.9 Å². The molecule has 0 unspecified atom stereocenters. The first-order chi connectivity index (χ1) is 13.1. The Labute approximate surface area is 164 Å². The van der Waals surface area contributed by atoms with Crippen LogP contribution in [0.3, 0.4) is 0 Å². The second-order valence-corrected chi connectivity index (χ2v) is 7.96. The topological polar surface area (TPSA) is 16.1 Å². The average molecular weight is 371 g/mol. The fourth-order valence-electron chi connectivity index (χ4n) is 2.97. The maximum Gasteiger partial charge on any atom is 0.124 e. The Kier molecular flexibility index (Phi) is 4.78. The van der Waals surface area contributed by atoms with Crippen molar-refractivity contribution in [3.05, 3.63) is 83.4 Å². The first kappa shape index (κ1) is 17.5. The van der Waals surface area contributed by atoms with Gasteiger partial charge >= 0.3 is 0 Å². The van der Waals surface area contributed by atoms with Gasteiger partial charge in [0.15, 0.2) is 0 Å². The van der Waals surface area contributed by atoms with Crippen LogP contribution in [0.15, 0.2) is 66.7 Å². The van der Waals surface area contributed by atoms with E-state index in [9.17, 15) is 0 Å². The number of aryl methyl sites for hydroxylation is 1. The summed E-state index contributed by atoms with van der Waals surface area (Å²) in [6.45, 7) is 2.12. The van der Waals surface area contributed by atoms with E-state index in [0.29, 0.717) is 0 Å². The second-order valence-electron chi connectivity index (χ2n) is 6.93. The predicted molar refractivity (Wildman–Crippen MR) is 119 cm³/mol. The monoisotopic (exact) mass is 370 g/mol. The molecule has 0 amide bonds. The number of aromatic nitrogens is 1. The van der Waals surface area contributed by atoms with E-state index in [1.165, 1.54) is 32.6 Å². The van der Waals surface area contributed by atoms with Crippen molar-refractivity contribution in [2.24, 2.45) is 0 Å². The highest BCUT2D eigenvalue weighted by atomic mass is 32.1. The fraction of sp³-hybridized carbons (Fsp3) is 0.125. The van der Waals surface area contributed by atoms with Crippen molar-refractivity contribution >= 4 is 39.4 Å². The largest absolute Gasteiger partial charge is 0.378 e. The van der Waals surface area contributed by atoms with E-state index in [0.717, 1.165) is 10.5 Å². The molecule has 0 radical (unpaired) electrons. The third-order valence-electron chi connectivity index (χ3n) is 4.58. The molecule has 0 aliphatic heterocycles. The number of benzene rings is 3. The molecule has 3 aromatic carbocycles. The standard InChI is InChI=1S/C24H22N2S/c1-17-4-15-22-23(16-17)27-24(25-22)20-11-7-18(8-12-20)5-6-19-9-13-21(14-10-19)26(2)3/h4-16H,1-3H3. The lowest BCUT2D eigenvalue weighted by atomic mass is 10.1. The Morgan fingerprint density at radius 2 is 1.44 bits per heavy atom. The molecule has 0 spiro atoms. The summed E-state index contributed by atoms with van der Waals surface area (Å²) >= 11 is 1.75. The zero-order valence-electron chi connectivity index (χ0n) is 15.8. The lowest BCUT2D eigenvalue weighted by Crippen LogP contribution is -2.07. The van der Waals surface area contributed by atoms with Crippen molar-refractivity contribution in [2.45, 2.75) is 6.92 Å². The molecule has 1 heterocycles. The zero-order chi connectivity index (χ0) is 18.8. The Morgan fingerprint density at radius 1 is 0.815 bits per heavy atom. The number of thiazole rings is 1. The number of hydrogen-bond acceptors (Lipinski definition) is 3. The molecule has 134 valence electrons. The van der Waals surface area contributed by atoms with E-state index in [1.54, 1.807) is 11.3 Å². The summed E-state index contributed by atoms with van der Waals surface area (Å²) in [5, 5.41) is 1.07. The molecule has 0 N–H and O–H groups in total. The molecule has 0 saturated heterocycles.